The average Bonchev–Trinajstić information content (AvgIpc) is 2.93. The molecule has 0 aliphatic rings. The second-order valence-corrected chi connectivity index (χ2v) is 5.35. The summed E-state index contributed by atoms with van der Waals surface area (Å²) in [6.45, 7) is 2.83. The van der Waals surface area contributed by atoms with Crippen molar-refractivity contribution in [1.82, 2.24) is 14.8 Å². The number of hydrogen-bond donors (Lipinski definition) is 1. The smallest absolute Gasteiger partial charge is 0.323 e. The van der Waals surface area contributed by atoms with E-state index in [1.54, 1.807) is 0 Å². The lowest BCUT2D eigenvalue weighted by Crippen LogP contribution is -2.40. The van der Waals surface area contributed by atoms with E-state index in [0.717, 1.165) is 23.3 Å². The number of anilines is 1. The van der Waals surface area contributed by atoms with Gasteiger partial charge < -0.3 is 5.32 Å². The molecule has 0 atom stereocenters. The molecule has 0 saturated heterocycles. The molecule has 1 amide bonds. The van der Waals surface area contributed by atoms with Crippen molar-refractivity contribution >= 4 is 11.6 Å². The van der Waals surface area contributed by atoms with Crippen molar-refractivity contribution in [1.29, 1.82) is 5.26 Å². The van der Waals surface area contributed by atoms with E-state index in [4.69, 9.17) is 5.26 Å². The Morgan fingerprint density at radius 3 is 2.50 bits per heavy atom. The van der Waals surface area contributed by atoms with Gasteiger partial charge >= 0.3 is 6.18 Å². The maximum absolute atomic E-state index is 13.0. The third-order valence-electron chi connectivity index (χ3n) is 3.24. The minimum Gasteiger partial charge on any atom is -0.323 e. The number of hydrogen-bond acceptors (Lipinski definition) is 4. The van der Waals surface area contributed by atoms with Gasteiger partial charge in [0.05, 0.1) is 29.8 Å². The largest absolute Gasteiger partial charge is 0.419 e. The third kappa shape index (κ3) is 3.34. The normalized spacial score (nSPS) is 11.9. The highest BCUT2D eigenvalue weighted by Gasteiger charge is 2.36. The summed E-state index contributed by atoms with van der Waals surface area (Å²) in [7, 11) is 0. The van der Waals surface area contributed by atoms with Gasteiger partial charge in [-0.05, 0) is 19.9 Å². The van der Waals surface area contributed by atoms with Crippen LogP contribution in [0, 0.1) is 17.1 Å². The van der Waals surface area contributed by atoms with Crippen LogP contribution < -0.4 is 5.32 Å². The number of halogens is 4. The Labute approximate surface area is 133 Å². The van der Waals surface area contributed by atoms with Crippen LogP contribution in [0.5, 0.6) is 0 Å². The maximum atomic E-state index is 13.0. The van der Waals surface area contributed by atoms with E-state index in [2.05, 4.69) is 15.4 Å². The van der Waals surface area contributed by atoms with Gasteiger partial charge in [0.1, 0.15) is 11.6 Å². The Morgan fingerprint density at radius 2 is 2.00 bits per heavy atom. The summed E-state index contributed by atoms with van der Waals surface area (Å²) < 4.78 is 52.8. The Balaban J connectivity index is 2.31. The van der Waals surface area contributed by atoms with E-state index >= 15 is 0 Å². The first-order chi connectivity index (χ1) is 11.1. The summed E-state index contributed by atoms with van der Waals surface area (Å²) in [5.74, 6) is -1.39. The van der Waals surface area contributed by atoms with Crippen molar-refractivity contribution in [2.45, 2.75) is 25.6 Å². The minimum absolute atomic E-state index is 0.243. The molecule has 2 aromatic rings. The molecule has 0 unspecified atom stereocenters. The summed E-state index contributed by atoms with van der Waals surface area (Å²) in [5, 5.41) is 14.6. The molecule has 2 aromatic heterocycles. The number of nitrogens with zero attached hydrogens (tertiary/aromatic N) is 4. The van der Waals surface area contributed by atoms with E-state index in [1.165, 1.54) is 19.9 Å². The number of nitriles is 1. The van der Waals surface area contributed by atoms with Crippen molar-refractivity contribution in [2.24, 2.45) is 0 Å². The second kappa shape index (κ2) is 5.92. The standard InChI is InChI=1S/C14H11F4N5O/c1-13(2,23-7-8(15)5-21-23)12(24)22-9-3-10(14(16,17)18)11(4-19)20-6-9/h3,5-7H,1-2H3,(H,22,24). The molecular weight excluding hydrogens is 330 g/mol. The molecule has 2 rings (SSSR count). The molecule has 0 bridgehead atoms. The molecule has 10 heteroatoms. The van der Waals surface area contributed by atoms with Crippen molar-refractivity contribution in [3.63, 3.8) is 0 Å². The molecule has 126 valence electrons. The first-order valence-electron chi connectivity index (χ1n) is 6.55. The van der Waals surface area contributed by atoms with Crippen LogP contribution in [0.3, 0.4) is 0 Å². The van der Waals surface area contributed by atoms with Crippen LogP contribution in [0.1, 0.15) is 25.1 Å². The van der Waals surface area contributed by atoms with Crippen LogP contribution in [0.2, 0.25) is 0 Å². The second-order valence-electron chi connectivity index (χ2n) is 5.35. The molecule has 6 nitrogen and oxygen atoms in total. The van der Waals surface area contributed by atoms with Crippen molar-refractivity contribution in [2.75, 3.05) is 5.32 Å². The third-order valence-corrected chi connectivity index (χ3v) is 3.24. The maximum Gasteiger partial charge on any atom is 0.419 e. The van der Waals surface area contributed by atoms with E-state index in [0.29, 0.717) is 6.07 Å². The summed E-state index contributed by atoms with van der Waals surface area (Å²) >= 11 is 0. The highest BCUT2D eigenvalue weighted by Crippen LogP contribution is 2.32. The van der Waals surface area contributed by atoms with E-state index in [9.17, 15) is 22.4 Å². The number of pyridine rings is 1. The van der Waals surface area contributed by atoms with Crippen LogP contribution in [-0.2, 0) is 16.5 Å². The van der Waals surface area contributed by atoms with Gasteiger partial charge in [-0.2, -0.15) is 23.5 Å². The lowest BCUT2D eigenvalue weighted by atomic mass is 10.0. The fourth-order valence-corrected chi connectivity index (χ4v) is 1.83. The zero-order chi connectivity index (χ0) is 18.1. The molecular formula is C14H11F4N5O. The molecule has 0 saturated carbocycles. The van der Waals surface area contributed by atoms with E-state index in [-0.39, 0.29) is 5.69 Å². The summed E-state index contributed by atoms with van der Waals surface area (Å²) in [6, 6.07) is 1.96. The number of amides is 1. The molecule has 0 aliphatic heterocycles. The first kappa shape index (κ1) is 17.4. The van der Waals surface area contributed by atoms with Crippen molar-refractivity contribution < 1.29 is 22.4 Å². The summed E-state index contributed by atoms with van der Waals surface area (Å²) in [4.78, 5) is 15.7. The van der Waals surface area contributed by atoms with Gasteiger partial charge in [0, 0.05) is 0 Å². The zero-order valence-electron chi connectivity index (χ0n) is 12.5. The summed E-state index contributed by atoms with van der Waals surface area (Å²) in [5.41, 5.74) is -3.66. The topological polar surface area (TPSA) is 83.6 Å². The van der Waals surface area contributed by atoms with Crippen molar-refractivity contribution in [3.05, 3.63) is 41.7 Å². The van der Waals surface area contributed by atoms with Gasteiger partial charge in [-0.1, -0.05) is 0 Å². The molecule has 0 radical (unpaired) electrons. The molecule has 0 aromatic carbocycles. The minimum atomic E-state index is -4.79. The number of carbonyl (C=O) groups excluding carboxylic acids is 1. The van der Waals surface area contributed by atoms with Gasteiger partial charge in [-0.3, -0.25) is 9.48 Å². The highest BCUT2D eigenvalue weighted by molar-refractivity contribution is 5.96. The van der Waals surface area contributed by atoms with Crippen LogP contribution in [0.15, 0.2) is 24.7 Å². The van der Waals surface area contributed by atoms with E-state index < -0.39 is 34.7 Å². The lowest BCUT2D eigenvalue weighted by molar-refractivity contribution is -0.138. The Morgan fingerprint density at radius 1 is 1.33 bits per heavy atom. The number of aromatic nitrogens is 3. The fraction of sp³-hybridized carbons (Fsp3) is 0.286. The Bertz CT molecular complexity index is 819. The van der Waals surface area contributed by atoms with Gasteiger partial charge in [0.25, 0.3) is 5.91 Å². The zero-order valence-corrected chi connectivity index (χ0v) is 12.5. The SMILES string of the molecule is CC(C)(C(=O)Nc1cnc(C#N)c(C(F)(F)F)c1)n1cc(F)cn1. The number of nitrogens with one attached hydrogen (secondary N) is 1. The Kier molecular flexibility index (Phi) is 4.29. The van der Waals surface area contributed by atoms with Gasteiger partial charge in [-0.15, -0.1) is 0 Å². The molecule has 24 heavy (non-hydrogen) atoms. The molecule has 0 aliphatic carbocycles. The molecule has 1 N–H and O–H groups in total. The van der Waals surface area contributed by atoms with Gasteiger partial charge in [-0.25, -0.2) is 9.37 Å². The molecule has 0 fully saturated rings. The number of carbonyl (C=O) groups is 1. The van der Waals surface area contributed by atoms with Crippen molar-refractivity contribution in [3.8, 4) is 6.07 Å². The van der Waals surface area contributed by atoms with Crippen LogP contribution >= 0.6 is 0 Å². The van der Waals surface area contributed by atoms with E-state index in [1.807, 2.05) is 0 Å². The van der Waals surface area contributed by atoms with Crippen LogP contribution in [0.4, 0.5) is 23.2 Å². The van der Waals surface area contributed by atoms with Crippen LogP contribution in [0.25, 0.3) is 0 Å². The molecule has 2 heterocycles. The quantitative estimate of drug-likeness (QED) is 0.870. The molecule has 0 spiro atoms. The summed E-state index contributed by atoms with van der Waals surface area (Å²) in [6.07, 6.45) is -1.97. The first-order valence-corrected chi connectivity index (χ1v) is 6.55. The number of alkyl halides is 3. The van der Waals surface area contributed by atoms with Gasteiger partial charge in [0.15, 0.2) is 11.5 Å². The lowest BCUT2D eigenvalue weighted by Gasteiger charge is -2.24. The predicted molar refractivity (Wildman–Crippen MR) is 74.1 cm³/mol. The van der Waals surface area contributed by atoms with Crippen LogP contribution in [-0.4, -0.2) is 20.7 Å². The fourth-order valence-electron chi connectivity index (χ4n) is 1.83. The van der Waals surface area contributed by atoms with Gasteiger partial charge in [0.2, 0.25) is 0 Å². The monoisotopic (exact) mass is 341 g/mol. The Hall–Kier alpha value is -2.96. The number of rotatable bonds is 3. The average molecular weight is 341 g/mol. The highest BCUT2D eigenvalue weighted by atomic mass is 19.4. The predicted octanol–water partition coefficient (Wildman–Crippen LogP) is 2.68.